The summed E-state index contributed by atoms with van der Waals surface area (Å²) in [4.78, 5) is 32.8. The van der Waals surface area contributed by atoms with Crippen LogP contribution in [0.5, 0.6) is 0 Å². The van der Waals surface area contributed by atoms with Gasteiger partial charge in [0.1, 0.15) is 6.54 Å². The van der Waals surface area contributed by atoms with Crippen LogP contribution in [0.25, 0.3) is 10.9 Å². The van der Waals surface area contributed by atoms with Gasteiger partial charge in [0.25, 0.3) is 0 Å². The molecule has 0 saturated heterocycles. The number of benzene rings is 2. The summed E-state index contributed by atoms with van der Waals surface area (Å²) in [6.45, 7) is 4.49. The average molecular weight is 465 g/mol. The van der Waals surface area contributed by atoms with Crippen LogP contribution in [0.3, 0.4) is 0 Å². The number of carbonyl (C=O) groups is 2. The van der Waals surface area contributed by atoms with Crippen molar-refractivity contribution in [3.8, 4) is 0 Å². The van der Waals surface area contributed by atoms with E-state index in [1.807, 2.05) is 53.6 Å². The molecule has 7 heteroatoms. The lowest BCUT2D eigenvalue weighted by molar-refractivity contribution is -0.132. The smallest absolute Gasteiger partial charge is 0.317 e. The van der Waals surface area contributed by atoms with Gasteiger partial charge in [0.05, 0.1) is 6.61 Å². The predicted octanol–water partition coefficient (Wildman–Crippen LogP) is 4.20. The minimum atomic E-state index is -0.227. The Balaban J connectivity index is 1.72. The third-order valence-corrected chi connectivity index (χ3v) is 5.88. The molecule has 2 aromatic carbocycles. The van der Waals surface area contributed by atoms with E-state index in [4.69, 9.17) is 4.74 Å². The normalized spacial score (nSPS) is 10.9. The average Bonchev–Trinajstić information content (AvgIpc) is 3.28. The highest BCUT2D eigenvalue weighted by molar-refractivity contribution is 5.85. The molecule has 3 amide bonds. The number of hydrogen-bond acceptors (Lipinski definition) is 3. The van der Waals surface area contributed by atoms with Crippen LogP contribution in [0.1, 0.15) is 30.9 Å². The van der Waals surface area contributed by atoms with Crippen molar-refractivity contribution in [3.63, 3.8) is 0 Å². The number of aromatic amines is 1. The SMILES string of the molecule is CCCCNC(=O)N(CCOC)CC(=O)N(CCc1c[nH]c2ccccc12)Cc1ccccc1. The van der Waals surface area contributed by atoms with E-state index in [9.17, 15) is 9.59 Å². The maximum absolute atomic E-state index is 13.4. The summed E-state index contributed by atoms with van der Waals surface area (Å²) in [5.41, 5.74) is 3.33. The van der Waals surface area contributed by atoms with Crippen molar-refractivity contribution in [1.82, 2.24) is 20.1 Å². The van der Waals surface area contributed by atoms with Crippen LogP contribution in [0.4, 0.5) is 4.79 Å². The molecule has 0 bridgehead atoms. The summed E-state index contributed by atoms with van der Waals surface area (Å²) in [6, 6.07) is 17.9. The number of amides is 3. The second-order valence-corrected chi connectivity index (χ2v) is 8.41. The Kier molecular flexibility index (Phi) is 9.98. The van der Waals surface area contributed by atoms with Gasteiger partial charge >= 0.3 is 6.03 Å². The zero-order chi connectivity index (χ0) is 24.2. The quantitative estimate of drug-likeness (QED) is 0.372. The van der Waals surface area contributed by atoms with Crippen molar-refractivity contribution >= 4 is 22.8 Å². The maximum atomic E-state index is 13.4. The number of aromatic nitrogens is 1. The second kappa shape index (κ2) is 13.4. The molecule has 2 N–H and O–H groups in total. The molecule has 0 aliphatic rings. The molecule has 0 unspecified atom stereocenters. The highest BCUT2D eigenvalue weighted by atomic mass is 16.5. The Labute approximate surface area is 202 Å². The van der Waals surface area contributed by atoms with Crippen LogP contribution >= 0.6 is 0 Å². The molecule has 0 saturated carbocycles. The van der Waals surface area contributed by atoms with E-state index in [-0.39, 0.29) is 18.5 Å². The van der Waals surface area contributed by atoms with E-state index in [1.165, 1.54) is 10.9 Å². The minimum Gasteiger partial charge on any atom is -0.383 e. The standard InChI is InChI=1S/C27H36N4O3/c1-3-4-15-28-27(33)31(17-18-34-2)21-26(32)30(20-22-10-6-5-7-11-22)16-14-23-19-29-25-13-9-8-12-24(23)25/h5-13,19,29H,3-4,14-18,20-21H2,1-2H3,(H,28,33). The van der Waals surface area contributed by atoms with Crippen molar-refractivity contribution in [1.29, 1.82) is 0 Å². The molecule has 1 aromatic heterocycles. The predicted molar refractivity (Wildman–Crippen MR) is 136 cm³/mol. The van der Waals surface area contributed by atoms with E-state index in [1.54, 1.807) is 12.0 Å². The molecular weight excluding hydrogens is 428 g/mol. The number of hydrogen-bond donors (Lipinski definition) is 2. The molecule has 0 atom stereocenters. The van der Waals surface area contributed by atoms with Crippen molar-refractivity contribution in [2.75, 3.05) is 39.9 Å². The first-order valence-electron chi connectivity index (χ1n) is 12.0. The molecule has 0 aliphatic heterocycles. The van der Waals surface area contributed by atoms with E-state index in [0.29, 0.717) is 32.8 Å². The summed E-state index contributed by atoms with van der Waals surface area (Å²) in [7, 11) is 1.60. The fourth-order valence-corrected chi connectivity index (χ4v) is 3.89. The lowest BCUT2D eigenvalue weighted by Gasteiger charge is -2.28. The number of ether oxygens (including phenoxy) is 1. The Bertz CT molecular complexity index is 1030. The first-order valence-corrected chi connectivity index (χ1v) is 12.0. The molecule has 1 heterocycles. The molecule has 182 valence electrons. The van der Waals surface area contributed by atoms with Gasteiger partial charge in [-0.2, -0.15) is 0 Å². The molecule has 0 spiro atoms. The van der Waals surface area contributed by atoms with E-state index in [2.05, 4.69) is 29.4 Å². The number of carbonyl (C=O) groups excluding carboxylic acids is 2. The molecule has 3 rings (SSSR count). The number of rotatable bonds is 13. The van der Waals surface area contributed by atoms with Gasteiger partial charge in [0, 0.05) is 50.4 Å². The van der Waals surface area contributed by atoms with Crippen LogP contribution < -0.4 is 5.32 Å². The van der Waals surface area contributed by atoms with Gasteiger partial charge in [0.15, 0.2) is 0 Å². The van der Waals surface area contributed by atoms with Crippen LogP contribution in [-0.2, 0) is 22.5 Å². The molecule has 0 fully saturated rings. The summed E-state index contributed by atoms with van der Waals surface area (Å²) in [5, 5.41) is 4.09. The highest BCUT2D eigenvalue weighted by Gasteiger charge is 2.21. The van der Waals surface area contributed by atoms with Crippen molar-refractivity contribution in [2.45, 2.75) is 32.7 Å². The number of H-pyrrole nitrogens is 1. The van der Waals surface area contributed by atoms with Gasteiger partial charge in [-0.3, -0.25) is 4.79 Å². The van der Waals surface area contributed by atoms with Gasteiger partial charge in [-0.05, 0) is 30.0 Å². The van der Waals surface area contributed by atoms with E-state index >= 15 is 0 Å². The lowest BCUT2D eigenvalue weighted by Crippen LogP contribution is -2.48. The highest BCUT2D eigenvalue weighted by Crippen LogP contribution is 2.19. The zero-order valence-electron chi connectivity index (χ0n) is 20.3. The van der Waals surface area contributed by atoms with Crippen LogP contribution in [-0.4, -0.2) is 66.6 Å². The number of para-hydroxylation sites is 1. The second-order valence-electron chi connectivity index (χ2n) is 8.41. The molecular formula is C27H36N4O3. The Morgan fingerprint density at radius 3 is 2.53 bits per heavy atom. The van der Waals surface area contributed by atoms with Gasteiger partial charge in [-0.1, -0.05) is 61.9 Å². The summed E-state index contributed by atoms with van der Waals surface area (Å²) < 4.78 is 5.17. The van der Waals surface area contributed by atoms with Crippen LogP contribution in [0.15, 0.2) is 60.8 Å². The van der Waals surface area contributed by atoms with E-state index in [0.717, 1.165) is 30.3 Å². The number of nitrogens with zero attached hydrogens (tertiary/aromatic N) is 2. The third kappa shape index (κ3) is 7.35. The molecule has 7 nitrogen and oxygen atoms in total. The molecule has 0 aliphatic carbocycles. The first-order chi connectivity index (χ1) is 16.6. The summed E-state index contributed by atoms with van der Waals surface area (Å²) in [5.74, 6) is -0.0783. The largest absolute Gasteiger partial charge is 0.383 e. The maximum Gasteiger partial charge on any atom is 0.317 e. The van der Waals surface area contributed by atoms with Crippen LogP contribution in [0, 0.1) is 0 Å². The Hall–Kier alpha value is -3.32. The van der Waals surface area contributed by atoms with Gasteiger partial charge < -0.3 is 24.8 Å². The molecule has 0 radical (unpaired) electrons. The Morgan fingerprint density at radius 1 is 1.00 bits per heavy atom. The van der Waals surface area contributed by atoms with Crippen LogP contribution in [0.2, 0.25) is 0 Å². The number of methoxy groups -OCH3 is 1. The Morgan fingerprint density at radius 2 is 1.76 bits per heavy atom. The fraction of sp³-hybridized carbons (Fsp3) is 0.407. The van der Waals surface area contributed by atoms with Crippen molar-refractivity contribution < 1.29 is 14.3 Å². The topological polar surface area (TPSA) is 77.7 Å². The number of urea groups is 1. The van der Waals surface area contributed by atoms with E-state index < -0.39 is 0 Å². The number of nitrogens with one attached hydrogen (secondary N) is 2. The number of fused-ring (bicyclic) bond motifs is 1. The fourth-order valence-electron chi connectivity index (χ4n) is 3.89. The monoisotopic (exact) mass is 464 g/mol. The van der Waals surface area contributed by atoms with Gasteiger partial charge in [0.2, 0.25) is 5.91 Å². The van der Waals surface area contributed by atoms with Gasteiger partial charge in [-0.25, -0.2) is 4.79 Å². The van der Waals surface area contributed by atoms with Crippen molar-refractivity contribution in [3.05, 3.63) is 71.9 Å². The van der Waals surface area contributed by atoms with Gasteiger partial charge in [-0.15, -0.1) is 0 Å². The minimum absolute atomic E-state index is 0.0159. The number of unbranched alkanes of at least 4 members (excludes halogenated alkanes) is 1. The first kappa shape index (κ1) is 25.3. The third-order valence-electron chi connectivity index (χ3n) is 5.88. The molecule has 3 aromatic rings. The molecule has 34 heavy (non-hydrogen) atoms. The zero-order valence-corrected chi connectivity index (χ0v) is 20.3. The lowest BCUT2D eigenvalue weighted by atomic mass is 10.1. The summed E-state index contributed by atoms with van der Waals surface area (Å²) >= 11 is 0. The summed E-state index contributed by atoms with van der Waals surface area (Å²) in [6.07, 6.45) is 4.64. The van der Waals surface area contributed by atoms with Crippen molar-refractivity contribution in [2.24, 2.45) is 0 Å².